The van der Waals surface area contributed by atoms with Crippen LogP contribution >= 0.6 is 0 Å². The summed E-state index contributed by atoms with van der Waals surface area (Å²) >= 11 is 0. The van der Waals surface area contributed by atoms with Crippen LogP contribution < -0.4 is 0 Å². The number of aliphatic hydroxyl groups is 1. The highest BCUT2D eigenvalue weighted by Gasteiger charge is 2.48. The summed E-state index contributed by atoms with van der Waals surface area (Å²) in [5, 5.41) is 11.4. The highest BCUT2D eigenvalue weighted by atomic mass is 16.6. The molecular weight excluding hydrogens is 612 g/mol. The van der Waals surface area contributed by atoms with Crippen molar-refractivity contribution in [3.05, 3.63) is 179 Å². The van der Waals surface area contributed by atoms with Gasteiger partial charge in [-0.2, -0.15) is 0 Å². The molecule has 1 aliphatic heterocycles. The van der Waals surface area contributed by atoms with Crippen LogP contribution in [0.3, 0.4) is 0 Å². The fraction of sp³-hybridized carbons (Fsp3) is 0.302. The average molecular weight is 659 g/mol. The summed E-state index contributed by atoms with van der Waals surface area (Å²) in [5.74, 6) is 0. The van der Waals surface area contributed by atoms with Gasteiger partial charge >= 0.3 is 0 Å². The van der Waals surface area contributed by atoms with Crippen molar-refractivity contribution in [1.29, 1.82) is 0 Å². The van der Waals surface area contributed by atoms with Crippen molar-refractivity contribution in [3.63, 3.8) is 0 Å². The summed E-state index contributed by atoms with van der Waals surface area (Å²) in [6, 6.07) is 50.5. The first-order valence-electron chi connectivity index (χ1n) is 17.2. The Labute approximate surface area is 290 Å². The van der Waals surface area contributed by atoms with Crippen LogP contribution in [-0.4, -0.2) is 48.3 Å². The van der Waals surface area contributed by atoms with Gasteiger partial charge in [0, 0.05) is 6.42 Å². The van der Waals surface area contributed by atoms with Gasteiger partial charge in [0.15, 0.2) is 0 Å². The molecule has 0 aliphatic carbocycles. The van der Waals surface area contributed by atoms with Crippen molar-refractivity contribution >= 4 is 0 Å². The lowest BCUT2D eigenvalue weighted by Gasteiger charge is -2.46. The van der Waals surface area contributed by atoms with Crippen LogP contribution in [0.2, 0.25) is 0 Å². The van der Waals surface area contributed by atoms with E-state index in [1.807, 2.05) is 127 Å². The molecule has 1 unspecified atom stereocenters. The summed E-state index contributed by atoms with van der Waals surface area (Å²) < 4.78 is 33.5. The molecule has 5 aromatic carbocycles. The zero-order chi connectivity index (χ0) is 33.5. The van der Waals surface area contributed by atoms with Crippen LogP contribution in [0.25, 0.3) is 0 Å². The molecule has 5 aromatic rings. The number of hydrogen-bond donors (Lipinski definition) is 1. The molecule has 0 amide bonds. The quantitative estimate of drug-likeness (QED) is 0.110. The fourth-order valence-corrected chi connectivity index (χ4v) is 6.31. The largest absolute Gasteiger partial charge is 0.393 e. The van der Waals surface area contributed by atoms with E-state index in [1.54, 1.807) is 0 Å². The predicted octanol–water partition coefficient (Wildman–Crippen LogP) is 7.72. The van der Waals surface area contributed by atoms with Crippen molar-refractivity contribution in [2.24, 2.45) is 0 Å². The van der Waals surface area contributed by atoms with Gasteiger partial charge in [-0.05, 0) is 34.2 Å². The third-order valence-electron chi connectivity index (χ3n) is 8.80. The minimum Gasteiger partial charge on any atom is -0.393 e. The maximum Gasteiger partial charge on any atom is 0.115 e. The second-order valence-corrected chi connectivity index (χ2v) is 12.6. The van der Waals surface area contributed by atoms with Gasteiger partial charge in [-0.25, -0.2) is 0 Å². The van der Waals surface area contributed by atoms with Gasteiger partial charge in [0.2, 0.25) is 0 Å². The van der Waals surface area contributed by atoms with Gasteiger partial charge in [-0.15, -0.1) is 0 Å². The molecule has 0 spiro atoms. The molecule has 0 aromatic heterocycles. The summed E-state index contributed by atoms with van der Waals surface area (Å²) in [7, 11) is 0. The predicted molar refractivity (Wildman–Crippen MR) is 191 cm³/mol. The number of hydrogen-bond acceptors (Lipinski definition) is 6. The lowest BCUT2D eigenvalue weighted by molar-refractivity contribution is -0.276. The van der Waals surface area contributed by atoms with Crippen molar-refractivity contribution in [1.82, 2.24) is 0 Å². The van der Waals surface area contributed by atoms with Crippen LogP contribution in [0.1, 0.15) is 34.2 Å². The first-order chi connectivity index (χ1) is 24.2. The third kappa shape index (κ3) is 10.7. The Bertz CT molecular complexity index is 1600. The van der Waals surface area contributed by atoms with Crippen molar-refractivity contribution in [2.75, 3.05) is 6.61 Å². The second kappa shape index (κ2) is 18.6. The van der Waals surface area contributed by atoms with Gasteiger partial charge < -0.3 is 28.8 Å². The first kappa shape index (κ1) is 34.7. The molecule has 0 bridgehead atoms. The Morgan fingerprint density at radius 2 is 0.816 bits per heavy atom. The van der Waals surface area contributed by atoms with Crippen LogP contribution in [0.5, 0.6) is 0 Å². The Morgan fingerprint density at radius 3 is 1.27 bits per heavy atom. The van der Waals surface area contributed by atoms with Gasteiger partial charge in [-0.3, -0.25) is 0 Å². The number of aliphatic hydroxyl groups excluding tert-OH is 1. The maximum absolute atomic E-state index is 11.4. The van der Waals surface area contributed by atoms with Crippen molar-refractivity contribution in [2.45, 2.75) is 75.9 Å². The summed E-state index contributed by atoms with van der Waals surface area (Å²) in [4.78, 5) is 0. The highest BCUT2D eigenvalue weighted by molar-refractivity contribution is 5.18. The highest BCUT2D eigenvalue weighted by Crippen LogP contribution is 2.33. The molecule has 1 saturated heterocycles. The normalized spacial score (nSPS) is 21.3. The first-order valence-corrected chi connectivity index (χ1v) is 17.2. The molecule has 1 aliphatic rings. The molecule has 0 saturated carbocycles. The van der Waals surface area contributed by atoms with Crippen molar-refractivity contribution in [3.8, 4) is 0 Å². The zero-order valence-corrected chi connectivity index (χ0v) is 27.8. The number of ether oxygens (including phenoxy) is 5. The Morgan fingerprint density at radius 1 is 0.449 bits per heavy atom. The molecule has 6 atom stereocenters. The summed E-state index contributed by atoms with van der Waals surface area (Å²) in [6.45, 7) is 1.85. The van der Waals surface area contributed by atoms with E-state index in [0.717, 1.165) is 27.8 Å². The van der Waals surface area contributed by atoms with Crippen molar-refractivity contribution < 1.29 is 28.8 Å². The standard InChI is InChI=1S/C43H46O6/c44-38(26-33-16-6-1-7-17-33)27-39-41(46-29-35-20-10-3-11-21-35)43(48-31-37-24-14-5-15-25-37)42(47-30-36-22-12-4-13-23-36)40(49-39)32-45-28-34-18-8-2-9-19-34/h1-25,38-44H,26-32H2/t38?,39-,40+,41-,42+,43+/m0/s1. The van der Waals surface area contributed by atoms with E-state index in [0.29, 0.717) is 39.3 Å². The Hall–Kier alpha value is -4.14. The van der Waals surface area contributed by atoms with E-state index in [9.17, 15) is 5.11 Å². The van der Waals surface area contributed by atoms with E-state index in [1.165, 1.54) is 0 Å². The molecule has 1 heterocycles. The molecular formula is C43H46O6. The smallest absolute Gasteiger partial charge is 0.115 e. The van der Waals surface area contributed by atoms with E-state index in [2.05, 4.69) is 24.3 Å². The monoisotopic (exact) mass is 658 g/mol. The Balaban J connectivity index is 1.30. The third-order valence-corrected chi connectivity index (χ3v) is 8.80. The van der Waals surface area contributed by atoms with Gasteiger partial charge in [0.05, 0.1) is 45.2 Å². The maximum atomic E-state index is 11.4. The topological polar surface area (TPSA) is 66.4 Å². The molecule has 6 rings (SSSR count). The van der Waals surface area contributed by atoms with Gasteiger partial charge in [0.25, 0.3) is 0 Å². The number of benzene rings is 5. The summed E-state index contributed by atoms with van der Waals surface area (Å²) in [5.41, 5.74) is 5.29. The van der Waals surface area contributed by atoms with Crippen LogP contribution in [0.4, 0.5) is 0 Å². The molecule has 49 heavy (non-hydrogen) atoms. The molecule has 6 heteroatoms. The van der Waals surface area contributed by atoms with E-state index >= 15 is 0 Å². The summed E-state index contributed by atoms with van der Waals surface area (Å²) in [6.07, 6.45) is -2.30. The Kier molecular flexibility index (Phi) is 13.2. The lowest BCUT2D eigenvalue weighted by Crippen LogP contribution is -2.61. The molecule has 6 nitrogen and oxygen atoms in total. The average Bonchev–Trinajstić information content (AvgIpc) is 3.15. The van der Waals surface area contributed by atoms with E-state index < -0.39 is 36.6 Å². The molecule has 0 radical (unpaired) electrons. The van der Waals surface area contributed by atoms with Gasteiger partial charge in [-0.1, -0.05) is 152 Å². The minimum atomic E-state index is -0.655. The molecule has 1 N–H and O–H groups in total. The van der Waals surface area contributed by atoms with Crippen LogP contribution in [0, 0.1) is 0 Å². The SMILES string of the molecule is OC(Cc1ccccc1)C[C@@H]1O[C@H](COCc2ccccc2)[C@@H](OCc2ccccc2)[C@H](OCc2ccccc2)[C@H]1OCc1ccccc1. The van der Waals surface area contributed by atoms with Gasteiger partial charge in [0.1, 0.15) is 24.4 Å². The second-order valence-electron chi connectivity index (χ2n) is 12.6. The van der Waals surface area contributed by atoms with Crippen LogP contribution in [0.15, 0.2) is 152 Å². The molecule has 1 fully saturated rings. The van der Waals surface area contributed by atoms with E-state index in [4.69, 9.17) is 23.7 Å². The fourth-order valence-electron chi connectivity index (χ4n) is 6.31. The van der Waals surface area contributed by atoms with Crippen LogP contribution in [-0.2, 0) is 56.5 Å². The zero-order valence-electron chi connectivity index (χ0n) is 27.8. The lowest BCUT2D eigenvalue weighted by atomic mass is 9.90. The number of rotatable bonds is 17. The minimum absolute atomic E-state index is 0.288. The molecule has 254 valence electrons. The van der Waals surface area contributed by atoms with E-state index in [-0.39, 0.29) is 6.61 Å².